The summed E-state index contributed by atoms with van der Waals surface area (Å²) in [6, 6.07) is 8.13. The van der Waals surface area contributed by atoms with E-state index in [0.29, 0.717) is 18.5 Å². The van der Waals surface area contributed by atoms with Gasteiger partial charge in [0.25, 0.3) is 5.91 Å². The van der Waals surface area contributed by atoms with Gasteiger partial charge in [-0.25, -0.2) is 13.2 Å². The van der Waals surface area contributed by atoms with E-state index in [0.717, 1.165) is 16.8 Å². The van der Waals surface area contributed by atoms with Crippen molar-refractivity contribution in [3.05, 3.63) is 58.9 Å². The molecule has 190 valence electrons. The van der Waals surface area contributed by atoms with E-state index in [1.54, 1.807) is 42.3 Å². The number of benzene rings is 1. The first-order valence-corrected chi connectivity index (χ1v) is 13.6. The minimum absolute atomic E-state index is 0.0433. The van der Waals surface area contributed by atoms with Gasteiger partial charge >= 0.3 is 6.09 Å². The maximum Gasteiger partial charge on any atom is 0.410 e. The van der Waals surface area contributed by atoms with Gasteiger partial charge in [-0.1, -0.05) is 32.9 Å². The lowest BCUT2D eigenvalue weighted by Crippen LogP contribution is -2.45. The standard InChI is InChI=1S/C26H35N3O5S/c1-7-35(32,33)21-10-8-18(9-11-21)15-28-24(30)20-14-19-12-13-29(25(31)34-26(4,5)6)23(17(2)3)22(19)27-16-20/h8-11,14,16-17,23H,7,12-13,15H2,1-6H3,(H,28,30)/t23-/m1/s1. The van der Waals surface area contributed by atoms with E-state index in [9.17, 15) is 18.0 Å². The third kappa shape index (κ3) is 6.39. The average Bonchev–Trinajstić information content (AvgIpc) is 2.80. The highest BCUT2D eigenvalue weighted by Crippen LogP contribution is 2.35. The van der Waals surface area contributed by atoms with Gasteiger partial charge in [-0.05, 0) is 62.4 Å². The van der Waals surface area contributed by atoms with Crippen molar-refractivity contribution in [2.45, 2.75) is 71.0 Å². The number of nitrogens with one attached hydrogen (secondary N) is 1. The largest absolute Gasteiger partial charge is 0.444 e. The lowest BCUT2D eigenvalue weighted by Gasteiger charge is -2.39. The molecule has 1 N–H and O–H groups in total. The number of carbonyl (C=O) groups is 2. The molecule has 0 saturated heterocycles. The van der Waals surface area contributed by atoms with Crippen LogP contribution in [0.15, 0.2) is 41.4 Å². The van der Waals surface area contributed by atoms with Gasteiger partial charge in [-0.3, -0.25) is 14.7 Å². The molecule has 3 rings (SSSR count). The van der Waals surface area contributed by atoms with Gasteiger partial charge < -0.3 is 10.1 Å². The number of amides is 2. The summed E-state index contributed by atoms with van der Waals surface area (Å²) < 4.78 is 29.5. The minimum Gasteiger partial charge on any atom is -0.444 e. The highest BCUT2D eigenvalue weighted by atomic mass is 32.2. The molecule has 9 heteroatoms. The molecule has 2 amide bonds. The SMILES string of the molecule is CCS(=O)(=O)c1ccc(CNC(=O)c2cnc3c(c2)CCN(C(=O)OC(C)(C)C)[C@@H]3C(C)C)cc1. The van der Waals surface area contributed by atoms with Gasteiger partial charge in [0.15, 0.2) is 9.84 Å². The van der Waals surface area contributed by atoms with Crippen molar-refractivity contribution in [1.29, 1.82) is 0 Å². The zero-order valence-electron chi connectivity index (χ0n) is 21.3. The number of pyridine rings is 1. The third-order valence-corrected chi connectivity index (χ3v) is 7.63. The van der Waals surface area contributed by atoms with Crippen molar-refractivity contribution in [3.8, 4) is 0 Å². The molecular weight excluding hydrogens is 466 g/mol. The molecular formula is C26H35N3O5S. The van der Waals surface area contributed by atoms with Gasteiger partial charge in [-0.15, -0.1) is 0 Å². The van der Waals surface area contributed by atoms with Crippen LogP contribution in [-0.2, 0) is 27.5 Å². The fourth-order valence-electron chi connectivity index (χ4n) is 4.11. The molecule has 1 aliphatic heterocycles. The molecule has 2 heterocycles. The van der Waals surface area contributed by atoms with E-state index in [4.69, 9.17) is 4.74 Å². The van der Waals surface area contributed by atoms with Gasteiger partial charge in [0.2, 0.25) is 0 Å². The van der Waals surface area contributed by atoms with Crippen molar-refractivity contribution in [3.63, 3.8) is 0 Å². The third-order valence-electron chi connectivity index (χ3n) is 5.88. The maximum absolute atomic E-state index is 12.8. The summed E-state index contributed by atoms with van der Waals surface area (Å²) in [5.74, 6) is -0.101. The predicted octanol–water partition coefficient (Wildman–Crippen LogP) is 4.30. The first-order valence-electron chi connectivity index (χ1n) is 11.9. The van der Waals surface area contributed by atoms with Gasteiger partial charge in [0.05, 0.1) is 27.9 Å². The summed E-state index contributed by atoms with van der Waals surface area (Å²) in [6.45, 7) is 12.0. The van der Waals surface area contributed by atoms with Crippen LogP contribution in [0, 0.1) is 5.92 Å². The average molecular weight is 502 g/mol. The number of sulfone groups is 1. The second kappa shape index (κ2) is 10.4. The zero-order valence-corrected chi connectivity index (χ0v) is 22.1. The van der Waals surface area contributed by atoms with Crippen LogP contribution in [0.5, 0.6) is 0 Å². The van der Waals surface area contributed by atoms with Crippen molar-refractivity contribution < 1.29 is 22.7 Å². The Morgan fingerprint density at radius 2 is 1.86 bits per heavy atom. The summed E-state index contributed by atoms with van der Waals surface area (Å²) in [5.41, 5.74) is 2.40. The molecule has 0 unspecified atom stereocenters. The van der Waals surface area contributed by atoms with Gasteiger partial charge in [0.1, 0.15) is 5.60 Å². The van der Waals surface area contributed by atoms with Crippen LogP contribution in [0.2, 0.25) is 0 Å². The lowest BCUT2D eigenvalue weighted by atomic mass is 9.90. The van der Waals surface area contributed by atoms with E-state index in [-0.39, 0.29) is 41.2 Å². The molecule has 0 spiro atoms. The Labute approximate surface area is 208 Å². The number of hydrogen-bond acceptors (Lipinski definition) is 6. The van der Waals surface area contributed by atoms with E-state index in [2.05, 4.69) is 10.3 Å². The number of aromatic nitrogens is 1. The smallest absolute Gasteiger partial charge is 0.410 e. The monoisotopic (exact) mass is 501 g/mol. The molecule has 2 aromatic rings. The van der Waals surface area contributed by atoms with Crippen LogP contribution in [0.4, 0.5) is 4.79 Å². The number of hydrogen-bond donors (Lipinski definition) is 1. The summed E-state index contributed by atoms with van der Waals surface area (Å²) in [6.07, 6.45) is 1.77. The molecule has 35 heavy (non-hydrogen) atoms. The Hall–Kier alpha value is -2.94. The first kappa shape index (κ1) is 26.7. The molecule has 0 radical (unpaired) electrons. The number of carbonyl (C=O) groups excluding carboxylic acids is 2. The van der Waals surface area contributed by atoms with Crippen LogP contribution in [-0.4, -0.2) is 48.2 Å². The van der Waals surface area contributed by atoms with Crippen molar-refractivity contribution in [2.75, 3.05) is 12.3 Å². The molecule has 8 nitrogen and oxygen atoms in total. The normalized spacial score (nSPS) is 16.1. The molecule has 1 aliphatic rings. The Morgan fingerprint density at radius 1 is 1.20 bits per heavy atom. The van der Waals surface area contributed by atoms with Crippen molar-refractivity contribution >= 4 is 21.8 Å². The van der Waals surface area contributed by atoms with Crippen molar-refractivity contribution in [1.82, 2.24) is 15.2 Å². The van der Waals surface area contributed by atoms with Crippen LogP contribution in [0.25, 0.3) is 0 Å². The Bertz CT molecular complexity index is 1180. The topological polar surface area (TPSA) is 106 Å². The molecule has 1 aromatic carbocycles. The summed E-state index contributed by atoms with van der Waals surface area (Å²) >= 11 is 0. The Balaban J connectivity index is 1.72. The number of fused-ring (bicyclic) bond motifs is 1. The van der Waals surface area contributed by atoms with E-state index in [1.807, 2.05) is 40.7 Å². The van der Waals surface area contributed by atoms with Crippen LogP contribution in [0.1, 0.15) is 74.8 Å². The first-order chi connectivity index (χ1) is 16.3. The van der Waals surface area contributed by atoms with E-state index < -0.39 is 15.4 Å². The summed E-state index contributed by atoms with van der Waals surface area (Å²) in [5, 5.41) is 2.87. The highest BCUT2D eigenvalue weighted by molar-refractivity contribution is 7.91. The second-order valence-corrected chi connectivity index (χ2v) is 12.4. The molecule has 0 fully saturated rings. The second-order valence-electron chi connectivity index (χ2n) is 10.1. The highest BCUT2D eigenvalue weighted by Gasteiger charge is 2.36. The van der Waals surface area contributed by atoms with E-state index >= 15 is 0 Å². The molecule has 0 aliphatic carbocycles. The van der Waals surface area contributed by atoms with Crippen molar-refractivity contribution in [2.24, 2.45) is 5.92 Å². The Kier molecular flexibility index (Phi) is 7.89. The number of rotatable bonds is 6. The fraction of sp³-hybridized carbons (Fsp3) is 0.500. The molecule has 1 aromatic heterocycles. The van der Waals surface area contributed by atoms with Gasteiger partial charge in [-0.2, -0.15) is 0 Å². The van der Waals surface area contributed by atoms with E-state index in [1.165, 1.54) is 0 Å². The summed E-state index contributed by atoms with van der Waals surface area (Å²) in [7, 11) is -3.26. The zero-order chi connectivity index (χ0) is 26.0. The maximum atomic E-state index is 12.8. The fourth-order valence-corrected chi connectivity index (χ4v) is 4.99. The number of nitrogens with zero attached hydrogens (tertiary/aromatic N) is 2. The van der Waals surface area contributed by atoms with Crippen LogP contribution < -0.4 is 5.32 Å². The predicted molar refractivity (Wildman–Crippen MR) is 134 cm³/mol. The quantitative estimate of drug-likeness (QED) is 0.633. The van der Waals surface area contributed by atoms with Crippen LogP contribution in [0.3, 0.4) is 0 Å². The lowest BCUT2D eigenvalue weighted by molar-refractivity contribution is 0.00807. The van der Waals surface area contributed by atoms with Crippen LogP contribution >= 0.6 is 0 Å². The molecule has 0 bridgehead atoms. The minimum atomic E-state index is -3.26. The summed E-state index contributed by atoms with van der Waals surface area (Å²) in [4.78, 5) is 32.2. The molecule has 1 atom stereocenters. The number of ether oxygens (including phenoxy) is 1. The van der Waals surface area contributed by atoms with Gasteiger partial charge in [0, 0.05) is 19.3 Å². The molecule has 0 saturated carbocycles. The Morgan fingerprint density at radius 3 is 2.43 bits per heavy atom.